The van der Waals surface area contributed by atoms with E-state index >= 15 is 0 Å². The lowest BCUT2D eigenvalue weighted by Gasteiger charge is -2.29. The van der Waals surface area contributed by atoms with Crippen LogP contribution in [0.25, 0.3) is 0 Å². The fourth-order valence-electron chi connectivity index (χ4n) is 4.21. The van der Waals surface area contributed by atoms with E-state index in [1.807, 2.05) is 36.7 Å². The highest BCUT2D eigenvalue weighted by atomic mass is 16.5. The van der Waals surface area contributed by atoms with Crippen LogP contribution in [0.15, 0.2) is 24.5 Å². The topological polar surface area (TPSA) is 92.6 Å². The quantitative estimate of drug-likeness (QED) is 0.852. The smallest absolute Gasteiger partial charge is 0.322 e. The van der Waals surface area contributed by atoms with Gasteiger partial charge in [0.25, 0.3) is 0 Å². The van der Waals surface area contributed by atoms with Gasteiger partial charge in [0.2, 0.25) is 5.91 Å². The first-order valence-corrected chi connectivity index (χ1v) is 9.89. The Kier molecular flexibility index (Phi) is 5.23. The number of amides is 3. The first-order valence-electron chi connectivity index (χ1n) is 9.89. The van der Waals surface area contributed by atoms with Crippen molar-refractivity contribution in [1.82, 2.24) is 19.7 Å². The van der Waals surface area contributed by atoms with Crippen LogP contribution in [0.5, 0.6) is 0 Å². The Morgan fingerprint density at radius 2 is 2.17 bits per heavy atom. The molecule has 9 heteroatoms. The Morgan fingerprint density at radius 3 is 2.86 bits per heavy atom. The number of benzene rings is 1. The van der Waals surface area contributed by atoms with Crippen LogP contribution in [0, 0.1) is 0 Å². The van der Waals surface area contributed by atoms with Crippen molar-refractivity contribution in [3.63, 3.8) is 0 Å². The zero-order valence-electron chi connectivity index (χ0n) is 17.0. The predicted octanol–water partition coefficient (Wildman–Crippen LogP) is 2.11. The standard InChI is InChI=1S/C20H26N6O3/c1-4-25-16-7-6-14(9-13(16)5-8-18(25)27)22-20(28)26-11-15(29-3)10-17(26)19-23-21-12-24(19)2/h6-7,9,12,15,17H,4-5,8,10-11H2,1-3H3,(H,22,28)/t15-,17+/m1/s1. The number of urea groups is 1. The number of aromatic nitrogens is 3. The number of ether oxygens (including phenoxy) is 1. The van der Waals surface area contributed by atoms with Gasteiger partial charge in [0.05, 0.1) is 12.1 Å². The summed E-state index contributed by atoms with van der Waals surface area (Å²) in [5, 5.41) is 11.1. The van der Waals surface area contributed by atoms with E-state index in [4.69, 9.17) is 4.74 Å². The van der Waals surface area contributed by atoms with Gasteiger partial charge in [-0.3, -0.25) is 4.79 Å². The van der Waals surface area contributed by atoms with Gasteiger partial charge in [0.1, 0.15) is 6.33 Å². The van der Waals surface area contributed by atoms with Crippen molar-refractivity contribution in [3.05, 3.63) is 35.9 Å². The molecule has 3 heterocycles. The summed E-state index contributed by atoms with van der Waals surface area (Å²) in [6.45, 7) is 3.10. The van der Waals surface area contributed by atoms with Crippen LogP contribution in [-0.2, 0) is 23.0 Å². The molecular formula is C20H26N6O3. The van der Waals surface area contributed by atoms with Gasteiger partial charge in [-0.15, -0.1) is 10.2 Å². The van der Waals surface area contributed by atoms with Crippen molar-refractivity contribution in [1.29, 1.82) is 0 Å². The highest BCUT2D eigenvalue weighted by molar-refractivity contribution is 5.97. The number of hydrogen-bond donors (Lipinski definition) is 1. The Bertz CT molecular complexity index is 927. The highest BCUT2D eigenvalue weighted by Crippen LogP contribution is 2.34. The summed E-state index contributed by atoms with van der Waals surface area (Å²) in [4.78, 5) is 28.7. The number of methoxy groups -OCH3 is 1. The Labute approximate surface area is 169 Å². The molecule has 2 aromatic rings. The molecule has 1 fully saturated rings. The fourth-order valence-corrected chi connectivity index (χ4v) is 4.21. The number of aryl methyl sites for hydroxylation is 2. The Balaban J connectivity index is 1.54. The molecule has 0 saturated carbocycles. The van der Waals surface area contributed by atoms with Crippen molar-refractivity contribution in [2.75, 3.05) is 30.4 Å². The molecule has 0 bridgehead atoms. The van der Waals surface area contributed by atoms with Crippen molar-refractivity contribution in [2.24, 2.45) is 7.05 Å². The van der Waals surface area contributed by atoms with Crippen molar-refractivity contribution in [2.45, 2.75) is 38.3 Å². The van der Waals surface area contributed by atoms with E-state index in [0.29, 0.717) is 32.4 Å². The fraction of sp³-hybridized carbons (Fsp3) is 0.500. The summed E-state index contributed by atoms with van der Waals surface area (Å²) in [7, 11) is 3.53. The molecule has 9 nitrogen and oxygen atoms in total. The van der Waals surface area contributed by atoms with Crippen LogP contribution in [0.2, 0.25) is 0 Å². The molecular weight excluding hydrogens is 372 g/mol. The van der Waals surface area contributed by atoms with Crippen LogP contribution in [0.1, 0.15) is 37.2 Å². The van der Waals surface area contributed by atoms with Crippen molar-refractivity contribution >= 4 is 23.3 Å². The van der Waals surface area contributed by atoms with Crippen LogP contribution in [0.4, 0.5) is 16.2 Å². The van der Waals surface area contributed by atoms with E-state index in [0.717, 1.165) is 22.8 Å². The molecule has 1 aromatic carbocycles. The monoisotopic (exact) mass is 398 g/mol. The minimum absolute atomic E-state index is 0.0462. The summed E-state index contributed by atoms with van der Waals surface area (Å²) in [5.74, 6) is 0.883. The van der Waals surface area contributed by atoms with E-state index in [1.54, 1.807) is 23.2 Å². The normalized spacial score (nSPS) is 21.4. The lowest BCUT2D eigenvalue weighted by atomic mass is 10.0. The molecule has 3 amide bonds. The Hall–Kier alpha value is -2.94. The molecule has 1 saturated heterocycles. The minimum atomic E-state index is -0.197. The van der Waals surface area contributed by atoms with Gasteiger partial charge in [-0.05, 0) is 37.1 Å². The third-order valence-electron chi connectivity index (χ3n) is 5.75. The zero-order valence-corrected chi connectivity index (χ0v) is 17.0. The minimum Gasteiger partial charge on any atom is -0.380 e. The summed E-state index contributed by atoms with van der Waals surface area (Å²) in [6, 6.07) is 5.33. The molecule has 2 aliphatic heterocycles. The van der Waals surface area contributed by atoms with Gasteiger partial charge in [-0.1, -0.05) is 0 Å². The van der Waals surface area contributed by atoms with Gasteiger partial charge in [0.15, 0.2) is 5.82 Å². The number of likely N-dealkylation sites (tertiary alicyclic amines) is 1. The van der Waals surface area contributed by atoms with Gasteiger partial charge in [-0.2, -0.15) is 0 Å². The number of fused-ring (bicyclic) bond motifs is 1. The molecule has 29 heavy (non-hydrogen) atoms. The summed E-state index contributed by atoms with van der Waals surface area (Å²) in [6.07, 6.45) is 3.44. The van der Waals surface area contributed by atoms with Gasteiger partial charge in [-0.25, -0.2) is 4.79 Å². The molecule has 1 N–H and O–H groups in total. The number of rotatable bonds is 4. The van der Waals surface area contributed by atoms with E-state index in [-0.39, 0.29) is 24.1 Å². The van der Waals surface area contributed by atoms with E-state index < -0.39 is 0 Å². The van der Waals surface area contributed by atoms with E-state index in [1.165, 1.54) is 0 Å². The predicted molar refractivity (Wildman–Crippen MR) is 108 cm³/mol. The second kappa shape index (κ2) is 7.82. The van der Waals surface area contributed by atoms with Gasteiger partial charge >= 0.3 is 6.03 Å². The number of hydrogen-bond acceptors (Lipinski definition) is 5. The molecule has 0 spiro atoms. The number of nitrogens with zero attached hydrogens (tertiary/aromatic N) is 5. The first kappa shape index (κ1) is 19.4. The molecule has 0 radical (unpaired) electrons. The van der Waals surface area contributed by atoms with Crippen LogP contribution in [0.3, 0.4) is 0 Å². The maximum atomic E-state index is 13.1. The number of carbonyl (C=O) groups excluding carboxylic acids is 2. The molecule has 1 aromatic heterocycles. The molecule has 0 unspecified atom stereocenters. The van der Waals surface area contributed by atoms with Gasteiger partial charge < -0.3 is 24.4 Å². The van der Waals surface area contributed by atoms with Crippen LogP contribution >= 0.6 is 0 Å². The van der Waals surface area contributed by atoms with Crippen molar-refractivity contribution in [3.8, 4) is 0 Å². The number of nitrogens with one attached hydrogen (secondary N) is 1. The first-order chi connectivity index (χ1) is 14.0. The third kappa shape index (κ3) is 3.57. The molecule has 2 atom stereocenters. The second-order valence-corrected chi connectivity index (χ2v) is 7.47. The molecule has 4 rings (SSSR count). The van der Waals surface area contributed by atoms with Crippen LogP contribution < -0.4 is 10.2 Å². The highest BCUT2D eigenvalue weighted by Gasteiger charge is 2.39. The second-order valence-electron chi connectivity index (χ2n) is 7.47. The lowest BCUT2D eigenvalue weighted by molar-refractivity contribution is -0.118. The average molecular weight is 398 g/mol. The zero-order chi connectivity index (χ0) is 20.5. The third-order valence-corrected chi connectivity index (χ3v) is 5.75. The molecule has 154 valence electrons. The summed E-state index contributed by atoms with van der Waals surface area (Å²) < 4.78 is 7.33. The average Bonchev–Trinajstić information content (AvgIpc) is 3.33. The number of carbonyl (C=O) groups is 2. The Morgan fingerprint density at radius 1 is 1.34 bits per heavy atom. The number of anilines is 2. The van der Waals surface area contributed by atoms with Gasteiger partial charge in [0, 0.05) is 51.5 Å². The summed E-state index contributed by atoms with van der Waals surface area (Å²) >= 11 is 0. The van der Waals surface area contributed by atoms with E-state index in [9.17, 15) is 9.59 Å². The molecule has 2 aliphatic rings. The summed E-state index contributed by atoms with van der Waals surface area (Å²) in [5.41, 5.74) is 2.72. The van der Waals surface area contributed by atoms with Crippen LogP contribution in [-0.4, -0.2) is 57.9 Å². The lowest BCUT2D eigenvalue weighted by Crippen LogP contribution is -2.37. The molecule has 0 aliphatic carbocycles. The largest absolute Gasteiger partial charge is 0.380 e. The van der Waals surface area contributed by atoms with E-state index in [2.05, 4.69) is 15.5 Å². The maximum Gasteiger partial charge on any atom is 0.322 e. The van der Waals surface area contributed by atoms with Crippen molar-refractivity contribution < 1.29 is 14.3 Å². The SMILES string of the molecule is CCN1C(=O)CCc2cc(NC(=O)N3C[C@H](OC)C[C@H]3c3nncn3C)ccc21. The maximum absolute atomic E-state index is 13.1.